The number of nitrogens with zero attached hydrogens (tertiary/aromatic N) is 1. The smallest absolute Gasteiger partial charge is 0.273 e. The van der Waals surface area contributed by atoms with Crippen LogP contribution in [0.15, 0.2) is 59.7 Å². The summed E-state index contributed by atoms with van der Waals surface area (Å²) in [7, 11) is 1.48. The van der Waals surface area contributed by atoms with Gasteiger partial charge in [0.2, 0.25) is 0 Å². The van der Waals surface area contributed by atoms with Crippen LogP contribution in [0.2, 0.25) is 5.02 Å². The predicted octanol–water partition coefficient (Wildman–Crippen LogP) is 3.18. The Morgan fingerprint density at radius 2 is 1.86 bits per heavy atom. The van der Waals surface area contributed by atoms with E-state index in [-0.39, 0.29) is 5.91 Å². The van der Waals surface area contributed by atoms with Gasteiger partial charge >= 0.3 is 0 Å². The third-order valence-electron chi connectivity index (χ3n) is 2.86. The normalized spacial score (nSPS) is 12.3. The summed E-state index contributed by atoms with van der Waals surface area (Å²) < 4.78 is 5.21. The van der Waals surface area contributed by atoms with Gasteiger partial charge in [-0.2, -0.15) is 5.10 Å². The molecule has 0 aromatic heterocycles. The van der Waals surface area contributed by atoms with Crippen LogP contribution >= 0.6 is 11.6 Å². The maximum absolute atomic E-state index is 12.1. The summed E-state index contributed by atoms with van der Waals surface area (Å²) >= 11 is 6.00. The average Bonchev–Trinajstić information content (AvgIpc) is 2.51. The van der Waals surface area contributed by atoms with Crippen molar-refractivity contribution >= 4 is 23.7 Å². The fourth-order valence-electron chi connectivity index (χ4n) is 1.83. The second kappa shape index (κ2) is 7.57. The Bertz CT molecular complexity index is 629. The molecule has 5 heteroatoms. The van der Waals surface area contributed by atoms with Crippen molar-refractivity contribution in [3.63, 3.8) is 0 Å². The van der Waals surface area contributed by atoms with E-state index in [4.69, 9.17) is 16.3 Å². The highest BCUT2D eigenvalue weighted by atomic mass is 35.5. The molecular weight excluding hydrogens is 288 g/mol. The summed E-state index contributed by atoms with van der Waals surface area (Å²) in [6, 6.07) is 16.5. The average molecular weight is 303 g/mol. The van der Waals surface area contributed by atoms with Crippen molar-refractivity contribution < 1.29 is 9.53 Å². The molecule has 1 atom stereocenters. The van der Waals surface area contributed by atoms with Gasteiger partial charge in [0.25, 0.3) is 5.91 Å². The van der Waals surface area contributed by atoms with Gasteiger partial charge in [0.1, 0.15) is 0 Å². The second-order valence-corrected chi connectivity index (χ2v) is 4.69. The molecule has 0 bridgehead atoms. The van der Waals surface area contributed by atoms with E-state index < -0.39 is 6.10 Å². The molecule has 0 aliphatic heterocycles. The zero-order valence-corrected chi connectivity index (χ0v) is 12.2. The number of methoxy groups -OCH3 is 1. The van der Waals surface area contributed by atoms with Crippen molar-refractivity contribution in [1.82, 2.24) is 5.43 Å². The van der Waals surface area contributed by atoms with E-state index in [1.165, 1.54) is 13.3 Å². The number of carbonyl (C=O) groups is 1. The van der Waals surface area contributed by atoms with Crippen molar-refractivity contribution in [3.05, 3.63) is 70.7 Å². The van der Waals surface area contributed by atoms with Gasteiger partial charge in [-0.1, -0.05) is 60.1 Å². The first-order valence-electron chi connectivity index (χ1n) is 6.37. The first kappa shape index (κ1) is 15.2. The van der Waals surface area contributed by atoms with E-state index in [0.717, 1.165) is 11.1 Å². The molecule has 2 aromatic carbocycles. The molecule has 0 fully saturated rings. The minimum Gasteiger partial charge on any atom is -0.367 e. The summed E-state index contributed by atoms with van der Waals surface area (Å²) in [6.07, 6.45) is 0.799. The van der Waals surface area contributed by atoms with E-state index in [2.05, 4.69) is 10.5 Å². The van der Waals surface area contributed by atoms with Crippen LogP contribution in [0.5, 0.6) is 0 Å². The molecule has 21 heavy (non-hydrogen) atoms. The molecule has 2 rings (SSSR count). The molecule has 0 aliphatic rings. The van der Waals surface area contributed by atoms with Crippen molar-refractivity contribution in [1.29, 1.82) is 0 Å². The van der Waals surface area contributed by atoms with Gasteiger partial charge in [-0.05, 0) is 11.6 Å². The number of amides is 1. The zero-order valence-electron chi connectivity index (χ0n) is 11.5. The maximum atomic E-state index is 12.1. The number of benzene rings is 2. The third-order valence-corrected chi connectivity index (χ3v) is 3.20. The summed E-state index contributed by atoms with van der Waals surface area (Å²) in [6.45, 7) is 0. The van der Waals surface area contributed by atoms with Crippen molar-refractivity contribution in [2.45, 2.75) is 6.10 Å². The quantitative estimate of drug-likeness (QED) is 0.681. The molecule has 2 aromatic rings. The Labute approximate surface area is 128 Å². The first-order chi connectivity index (χ1) is 10.2. The fraction of sp³-hybridized carbons (Fsp3) is 0.125. The number of hydrazone groups is 1. The molecule has 1 unspecified atom stereocenters. The molecule has 0 saturated heterocycles. The summed E-state index contributed by atoms with van der Waals surface area (Å²) in [5.74, 6) is -0.341. The van der Waals surface area contributed by atoms with Gasteiger partial charge in [0.05, 0.1) is 6.21 Å². The Kier molecular flexibility index (Phi) is 5.49. The number of carbonyl (C=O) groups excluding carboxylic acids is 1. The van der Waals surface area contributed by atoms with Crippen LogP contribution in [0.25, 0.3) is 0 Å². The topological polar surface area (TPSA) is 50.7 Å². The fourth-order valence-corrected chi connectivity index (χ4v) is 2.01. The predicted molar refractivity (Wildman–Crippen MR) is 83.4 cm³/mol. The lowest BCUT2D eigenvalue weighted by atomic mass is 10.1. The van der Waals surface area contributed by atoms with Gasteiger partial charge < -0.3 is 4.74 Å². The van der Waals surface area contributed by atoms with Crippen LogP contribution in [0, 0.1) is 0 Å². The van der Waals surface area contributed by atoms with Crippen LogP contribution < -0.4 is 5.43 Å². The van der Waals surface area contributed by atoms with Gasteiger partial charge in [0, 0.05) is 17.7 Å². The molecule has 1 N–H and O–H groups in total. The van der Waals surface area contributed by atoms with E-state index in [0.29, 0.717) is 5.02 Å². The number of halogens is 1. The Balaban J connectivity index is 2.02. The lowest BCUT2D eigenvalue weighted by molar-refractivity contribution is -0.131. The molecule has 0 saturated carbocycles. The Hall–Kier alpha value is -2.17. The Morgan fingerprint density at radius 3 is 2.52 bits per heavy atom. The maximum Gasteiger partial charge on any atom is 0.273 e. The highest BCUT2D eigenvalue weighted by Crippen LogP contribution is 2.16. The van der Waals surface area contributed by atoms with Crippen LogP contribution in [-0.4, -0.2) is 19.2 Å². The highest BCUT2D eigenvalue weighted by Gasteiger charge is 2.18. The van der Waals surface area contributed by atoms with Crippen LogP contribution in [0.4, 0.5) is 0 Å². The van der Waals surface area contributed by atoms with Gasteiger partial charge in [0.15, 0.2) is 6.10 Å². The Morgan fingerprint density at radius 1 is 1.19 bits per heavy atom. The van der Waals surface area contributed by atoms with E-state index in [1.54, 1.807) is 6.07 Å². The van der Waals surface area contributed by atoms with Crippen LogP contribution in [-0.2, 0) is 9.53 Å². The lowest BCUT2D eigenvalue weighted by Crippen LogP contribution is -2.26. The SMILES string of the molecule is COC(C(=O)N/N=C/c1ccccc1Cl)c1ccccc1. The molecular formula is C16H15ClN2O2. The standard InChI is InChI=1S/C16H15ClN2O2/c1-21-15(12-7-3-2-4-8-12)16(20)19-18-11-13-9-5-6-10-14(13)17/h2-11,15H,1H3,(H,19,20)/b18-11+. The van der Waals surface area contributed by atoms with Crippen molar-refractivity contribution in [2.75, 3.05) is 7.11 Å². The van der Waals surface area contributed by atoms with Crippen molar-refractivity contribution in [2.24, 2.45) is 5.10 Å². The van der Waals surface area contributed by atoms with Crippen LogP contribution in [0.1, 0.15) is 17.2 Å². The minimum absolute atomic E-state index is 0.341. The first-order valence-corrected chi connectivity index (χ1v) is 6.75. The summed E-state index contributed by atoms with van der Waals surface area (Å²) in [5.41, 5.74) is 3.95. The number of hydrogen-bond donors (Lipinski definition) is 1. The molecule has 0 radical (unpaired) electrons. The van der Waals surface area contributed by atoms with E-state index >= 15 is 0 Å². The van der Waals surface area contributed by atoms with E-state index in [9.17, 15) is 4.79 Å². The monoisotopic (exact) mass is 302 g/mol. The molecule has 1 amide bonds. The summed E-state index contributed by atoms with van der Waals surface area (Å²) in [4.78, 5) is 12.1. The molecule has 0 heterocycles. The van der Waals surface area contributed by atoms with Gasteiger partial charge in [-0.25, -0.2) is 5.43 Å². The second-order valence-electron chi connectivity index (χ2n) is 4.28. The third kappa shape index (κ3) is 4.15. The lowest BCUT2D eigenvalue weighted by Gasteiger charge is -2.13. The van der Waals surface area contributed by atoms with Gasteiger partial charge in [-0.15, -0.1) is 0 Å². The number of nitrogens with one attached hydrogen (secondary N) is 1. The molecule has 108 valence electrons. The number of ether oxygens (including phenoxy) is 1. The molecule has 0 aliphatic carbocycles. The summed E-state index contributed by atoms with van der Waals surface area (Å²) in [5, 5.41) is 4.48. The zero-order chi connectivity index (χ0) is 15.1. The van der Waals surface area contributed by atoms with E-state index in [1.807, 2.05) is 48.5 Å². The molecule has 4 nitrogen and oxygen atoms in total. The minimum atomic E-state index is -0.699. The largest absolute Gasteiger partial charge is 0.367 e. The van der Waals surface area contributed by atoms with Crippen molar-refractivity contribution in [3.8, 4) is 0 Å². The number of hydrogen-bond acceptors (Lipinski definition) is 3. The molecule has 0 spiro atoms. The van der Waals surface area contributed by atoms with Gasteiger partial charge in [-0.3, -0.25) is 4.79 Å². The number of rotatable bonds is 5. The highest BCUT2D eigenvalue weighted by molar-refractivity contribution is 6.33. The van der Waals surface area contributed by atoms with Crippen LogP contribution in [0.3, 0.4) is 0 Å².